The van der Waals surface area contributed by atoms with Crippen LogP contribution < -0.4 is 0 Å². The quantitative estimate of drug-likeness (QED) is 0.802. The lowest BCUT2D eigenvalue weighted by Gasteiger charge is -2.04. The third-order valence-corrected chi connectivity index (χ3v) is 2.97. The zero-order valence-electron chi connectivity index (χ0n) is 8.33. The van der Waals surface area contributed by atoms with Gasteiger partial charge >= 0.3 is 5.97 Å². The fourth-order valence-corrected chi connectivity index (χ4v) is 1.69. The molecule has 0 radical (unpaired) electrons. The monoisotopic (exact) mass is 195 g/mol. The molecule has 1 aromatic rings. The number of nitrogens with zero attached hydrogens (tertiary/aromatic N) is 1. The van der Waals surface area contributed by atoms with Crippen LogP contribution in [0.2, 0.25) is 0 Å². The van der Waals surface area contributed by atoms with E-state index in [0.717, 1.165) is 19.3 Å². The van der Waals surface area contributed by atoms with Crippen LogP contribution in [0.25, 0.3) is 0 Å². The van der Waals surface area contributed by atoms with E-state index in [1.165, 1.54) is 0 Å². The van der Waals surface area contributed by atoms with Gasteiger partial charge in [0.05, 0.1) is 5.69 Å². The Hall–Kier alpha value is -1.32. The summed E-state index contributed by atoms with van der Waals surface area (Å²) in [6.45, 7) is 3.75. The summed E-state index contributed by atoms with van der Waals surface area (Å²) in [7, 11) is 0. The average molecular weight is 195 g/mol. The average Bonchev–Trinajstić information content (AvgIpc) is 2.84. The number of carboxylic acid groups (broad SMARTS) is 1. The SMILES string of the molecule is CCC1(c2nc(C)c(C(=O)O)o2)CC1. The largest absolute Gasteiger partial charge is 0.475 e. The Balaban J connectivity index is 2.38. The molecular formula is C10H13NO3. The van der Waals surface area contributed by atoms with Crippen molar-refractivity contribution < 1.29 is 14.3 Å². The highest BCUT2D eigenvalue weighted by atomic mass is 16.4. The summed E-state index contributed by atoms with van der Waals surface area (Å²) in [6.07, 6.45) is 3.08. The molecular weight excluding hydrogens is 182 g/mol. The Morgan fingerprint density at radius 1 is 1.64 bits per heavy atom. The molecule has 1 saturated carbocycles. The van der Waals surface area contributed by atoms with Crippen LogP contribution in [-0.4, -0.2) is 16.1 Å². The fraction of sp³-hybridized carbons (Fsp3) is 0.600. The maximum Gasteiger partial charge on any atom is 0.373 e. The lowest BCUT2D eigenvalue weighted by atomic mass is 10.0. The lowest BCUT2D eigenvalue weighted by Crippen LogP contribution is -2.04. The van der Waals surface area contributed by atoms with Crippen LogP contribution in [0.15, 0.2) is 4.42 Å². The van der Waals surface area contributed by atoms with Crippen molar-refractivity contribution in [3.05, 3.63) is 17.3 Å². The van der Waals surface area contributed by atoms with Crippen molar-refractivity contribution in [3.8, 4) is 0 Å². The van der Waals surface area contributed by atoms with Gasteiger partial charge in [-0.05, 0) is 26.2 Å². The molecule has 4 nitrogen and oxygen atoms in total. The van der Waals surface area contributed by atoms with Gasteiger partial charge in [-0.1, -0.05) is 6.92 Å². The van der Waals surface area contributed by atoms with E-state index >= 15 is 0 Å². The number of aromatic carboxylic acids is 1. The van der Waals surface area contributed by atoms with Crippen molar-refractivity contribution in [1.29, 1.82) is 0 Å². The van der Waals surface area contributed by atoms with Gasteiger partial charge in [-0.15, -0.1) is 0 Å². The smallest absolute Gasteiger partial charge is 0.373 e. The Bertz CT molecular complexity index is 377. The molecule has 2 rings (SSSR count). The highest BCUT2D eigenvalue weighted by Gasteiger charge is 2.47. The maximum atomic E-state index is 10.7. The Kier molecular flexibility index (Phi) is 1.87. The predicted octanol–water partition coefficient (Wildman–Crippen LogP) is 2.12. The molecule has 1 aromatic heterocycles. The molecule has 1 fully saturated rings. The number of oxazole rings is 1. The first-order chi connectivity index (χ1) is 6.59. The highest BCUT2D eigenvalue weighted by molar-refractivity contribution is 5.85. The molecule has 14 heavy (non-hydrogen) atoms. The number of aryl methyl sites for hydroxylation is 1. The summed E-state index contributed by atoms with van der Waals surface area (Å²) < 4.78 is 5.28. The molecule has 4 heteroatoms. The number of carboxylic acids is 1. The van der Waals surface area contributed by atoms with Crippen LogP contribution in [0.4, 0.5) is 0 Å². The van der Waals surface area contributed by atoms with Crippen LogP contribution in [0, 0.1) is 6.92 Å². The molecule has 0 aliphatic heterocycles. The van der Waals surface area contributed by atoms with Crippen LogP contribution >= 0.6 is 0 Å². The van der Waals surface area contributed by atoms with Gasteiger partial charge in [0.1, 0.15) is 0 Å². The van der Waals surface area contributed by atoms with Crippen LogP contribution in [0.3, 0.4) is 0 Å². The second-order valence-corrected chi connectivity index (χ2v) is 3.87. The number of aromatic nitrogens is 1. The zero-order chi connectivity index (χ0) is 10.3. The normalized spacial score (nSPS) is 18.1. The molecule has 0 atom stereocenters. The van der Waals surface area contributed by atoms with E-state index < -0.39 is 5.97 Å². The minimum Gasteiger partial charge on any atom is -0.475 e. The molecule has 1 heterocycles. The minimum absolute atomic E-state index is 0.0141. The first kappa shape index (κ1) is 9.24. The summed E-state index contributed by atoms with van der Waals surface area (Å²) in [5.41, 5.74) is 0.519. The van der Waals surface area contributed by atoms with Crippen molar-refractivity contribution in [3.63, 3.8) is 0 Å². The van der Waals surface area contributed by atoms with Gasteiger partial charge in [0.2, 0.25) is 11.7 Å². The summed E-state index contributed by atoms with van der Waals surface area (Å²) in [5, 5.41) is 8.80. The van der Waals surface area contributed by atoms with E-state index in [4.69, 9.17) is 9.52 Å². The molecule has 0 saturated heterocycles. The van der Waals surface area contributed by atoms with Crippen molar-refractivity contribution >= 4 is 5.97 Å². The third kappa shape index (κ3) is 1.22. The first-order valence-corrected chi connectivity index (χ1v) is 4.80. The summed E-state index contributed by atoms with van der Waals surface area (Å²) in [6, 6.07) is 0. The lowest BCUT2D eigenvalue weighted by molar-refractivity contribution is 0.0658. The molecule has 76 valence electrons. The van der Waals surface area contributed by atoms with Gasteiger partial charge in [0, 0.05) is 5.41 Å². The summed E-state index contributed by atoms with van der Waals surface area (Å²) in [5.74, 6) is -0.442. The topological polar surface area (TPSA) is 63.3 Å². The van der Waals surface area contributed by atoms with Crippen LogP contribution in [0.1, 0.15) is 48.3 Å². The van der Waals surface area contributed by atoms with Crippen LogP contribution in [0.5, 0.6) is 0 Å². The minimum atomic E-state index is -1.03. The highest BCUT2D eigenvalue weighted by Crippen LogP contribution is 2.50. The molecule has 1 N–H and O–H groups in total. The van der Waals surface area contributed by atoms with Gasteiger partial charge in [-0.25, -0.2) is 9.78 Å². The van der Waals surface area contributed by atoms with Crippen molar-refractivity contribution in [2.24, 2.45) is 0 Å². The fourth-order valence-electron chi connectivity index (χ4n) is 1.69. The van der Waals surface area contributed by atoms with Crippen molar-refractivity contribution in [1.82, 2.24) is 4.98 Å². The molecule has 0 amide bonds. The van der Waals surface area contributed by atoms with E-state index in [0.29, 0.717) is 11.6 Å². The number of hydrogen-bond donors (Lipinski definition) is 1. The van der Waals surface area contributed by atoms with E-state index in [1.54, 1.807) is 6.92 Å². The third-order valence-electron chi connectivity index (χ3n) is 2.97. The maximum absolute atomic E-state index is 10.7. The number of carbonyl (C=O) groups is 1. The Morgan fingerprint density at radius 3 is 2.64 bits per heavy atom. The molecule has 0 aromatic carbocycles. The Morgan fingerprint density at radius 2 is 2.29 bits per heavy atom. The molecule has 1 aliphatic rings. The number of rotatable bonds is 3. The van der Waals surface area contributed by atoms with Gasteiger partial charge < -0.3 is 9.52 Å². The van der Waals surface area contributed by atoms with Crippen molar-refractivity contribution in [2.45, 2.75) is 38.5 Å². The molecule has 0 bridgehead atoms. The molecule has 0 unspecified atom stereocenters. The van der Waals surface area contributed by atoms with Gasteiger partial charge in [-0.2, -0.15) is 0 Å². The Labute approximate surface area is 81.9 Å². The van der Waals surface area contributed by atoms with E-state index in [1.807, 2.05) is 0 Å². The number of hydrogen-bond acceptors (Lipinski definition) is 3. The molecule has 1 aliphatic carbocycles. The molecule has 0 spiro atoms. The second-order valence-electron chi connectivity index (χ2n) is 3.87. The first-order valence-electron chi connectivity index (χ1n) is 4.80. The van der Waals surface area contributed by atoms with E-state index in [2.05, 4.69) is 11.9 Å². The standard InChI is InChI=1S/C10H13NO3/c1-3-10(4-5-10)9-11-6(2)7(14-9)8(12)13/h3-5H2,1-2H3,(H,12,13). The van der Waals surface area contributed by atoms with Crippen molar-refractivity contribution in [2.75, 3.05) is 0 Å². The van der Waals surface area contributed by atoms with Crippen LogP contribution in [-0.2, 0) is 5.41 Å². The second kappa shape index (κ2) is 2.83. The summed E-state index contributed by atoms with van der Waals surface area (Å²) >= 11 is 0. The van der Waals surface area contributed by atoms with E-state index in [-0.39, 0.29) is 11.2 Å². The zero-order valence-corrected chi connectivity index (χ0v) is 8.33. The van der Waals surface area contributed by atoms with Gasteiger partial charge in [-0.3, -0.25) is 0 Å². The predicted molar refractivity (Wildman–Crippen MR) is 49.4 cm³/mol. The van der Waals surface area contributed by atoms with Gasteiger partial charge in [0.15, 0.2) is 0 Å². The summed E-state index contributed by atoms with van der Waals surface area (Å²) in [4.78, 5) is 14.9. The van der Waals surface area contributed by atoms with E-state index in [9.17, 15) is 4.79 Å². The van der Waals surface area contributed by atoms with Gasteiger partial charge in [0.25, 0.3) is 0 Å².